The number of unbranched alkanes of at least 4 members (excludes halogenated alkanes) is 2. The molecule has 0 saturated carbocycles. The van der Waals surface area contributed by atoms with Gasteiger partial charge in [-0.3, -0.25) is 0 Å². The van der Waals surface area contributed by atoms with E-state index in [9.17, 15) is 0 Å². The third-order valence-corrected chi connectivity index (χ3v) is 8.04. The lowest BCUT2D eigenvalue weighted by Crippen LogP contribution is -1.95. The molecule has 5 rings (SSSR count). The molecule has 0 aliphatic rings. The summed E-state index contributed by atoms with van der Waals surface area (Å²) in [5, 5.41) is 0. The Hall–Kier alpha value is -3.82. The lowest BCUT2D eigenvalue weighted by molar-refractivity contribution is 0.309. The first-order valence-corrected chi connectivity index (χ1v) is 14.8. The van der Waals surface area contributed by atoms with Crippen LogP contribution >= 0.6 is 11.3 Å². The highest BCUT2D eigenvalue weighted by molar-refractivity contribution is 7.18. The standard InChI is InChI=1S/C36H36O2S/c1-3-5-25-37-33-19-15-29(16-20-33)27-7-11-31(12-8-27)35-23-24-36(39-35)32-13-9-28(10-14-32)30-17-21-34(22-18-30)38-26-6-4-2/h7-24H,3-6,25-26H2,1-2H3. The van der Waals surface area contributed by atoms with Gasteiger partial charge in [-0.1, -0.05) is 99.5 Å². The molecule has 0 radical (unpaired) electrons. The van der Waals surface area contributed by atoms with Gasteiger partial charge in [0.1, 0.15) is 11.5 Å². The van der Waals surface area contributed by atoms with Crippen molar-refractivity contribution >= 4 is 11.3 Å². The van der Waals surface area contributed by atoms with Gasteiger partial charge in [-0.2, -0.15) is 0 Å². The van der Waals surface area contributed by atoms with Crippen molar-refractivity contribution < 1.29 is 9.47 Å². The molecule has 0 unspecified atom stereocenters. The smallest absolute Gasteiger partial charge is 0.119 e. The second-order valence-corrected chi connectivity index (χ2v) is 10.9. The Kier molecular flexibility index (Phi) is 9.13. The minimum Gasteiger partial charge on any atom is -0.494 e. The van der Waals surface area contributed by atoms with Crippen LogP contribution in [0.15, 0.2) is 109 Å². The number of rotatable bonds is 12. The van der Waals surface area contributed by atoms with E-state index in [2.05, 4.69) is 123 Å². The highest BCUT2D eigenvalue weighted by atomic mass is 32.1. The predicted molar refractivity (Wildman–Crippen MR) is 167 cm³/mol. The van der Waals surface area contributed by atoms with Crippen molar-refractivity contribution in [2.75, 3.05) is 13.2 Å². The van der Waals surface area contributed by atoms with Gasteiger partial charge in [-0.05, 0) is 82.6 Å². The van der Waals surface area contributed by atoms with Gasteiger partial charge in [0.2, 0.25) is 0 Å². The molecule has 0 spiro atoms. The average molecular weight is 533 g/mol. The summed E-state index contributed by atoms with van der Waals surface area (Å²) >= 11 is 1.83. The van der Waals surface area contributed by atoms with Crippen LogP contribution in [0.5, 0.6) is 11.5 Å². The summed E-state index contributed by atoms with van der Waals surface area (Å²) in [5.74, 6) is 1.88. The van der Waals surface area contributed by atoms with Gasteiger partial charge in [0.15, 0.2) is 0 Å². The summed E-state index contributed by atoms with van der Waals surface area (Å²) in [5.41, 5.74) is 7.32. The van der Waals surface area contributed by atoms with Crippen LogP contribution in [0.2, 0.25) is 0 Å². The minimum absolute atomic E-state index is 0.778. The van der Waals surface area contributed by atoms with Crippen LogP contribution in [0.4, 0.5) is 0 Å². The van der Waals surface area contributed by atoms with E-state index in [4.69, 9.17) is 9.47 Å². The zero-order chi connectivity index (χ0) is 26.9. The molecule has 0 aliphatic carbocycles. The normalized spacial score (nSPS) is 10.9. The molecule has 0 saturated heterocycles. The van der Waals surface area contributed by atoms with Crippen molar-refractivity contribution in [3.05, 3.63) is 109 Å². The Morgan fingerprint density at radius 2 is 0.718 bits per heavy atom. The maximum atomic E-state index is 5.80. The molecule has 0 atom stereocenters. The lowest BCUT2D eigenvalue weighted by atomic mass is 10.0. The number of thiophene rings is 1. The largest absolute Gasteiger partial charge is 0.494 e. The summed E-state index contributed by atoms with van der Waals surface area (Å²) in [6.07, 6.45) is 4.46. The summed E-state index contributed by atoms with van der Waals surface area (Å²) < 4.78 is 11.6. The molecule has 0 bridgehead atoms. The van der Waals surface area contributed by atoms with Crippen molar-refractivity contribution in [3.63, 3.8) is 0 Å². The zero-order valence-corrected chi connectivity index (χ0v) is 23.7. The maximum absolute atomic E-state index is 5.80. The van der Waals surface area contributed by atoms with Gasteiger partial charge >= 0.3 is 0 Å². The average Bonchev–Trinajstić information content (AvgIpc) is 3.49. The number of hydrogen-bond donors (Lipinski definition) is 0. The van der Waals surface area contributed by atoms with Gasteiger partial charge in [0, 0.05) is 9.75 Å². The van der Waals surface area contributed by atoms with Gasteiger partial charge in [-0.25, -0.2) is 0 Å². The summed E-state index contributed by atoms with van der Waals surface area (Å²) in [4.78, 5) is 2.55. The molecule has 5 aromatic rings. The Morgan fingerprint density at radius 3 is 1.05 bits per heavy atom. The van der Waals surface area contributed by atoms with Gasteiger partial charge in [0.25, 0.3) is 0 Å². The fourth-order valence-corrected chi connectivity index (χ4v) is 5.47. The molecule has 3 heteroatoms. The van der Waals surface area contributed by atoms with E-state index in [-0.39, 0.29) is 0 Å². The molecule has 4 aromatic carbocycles. The molecule has 1 aromatic heterocycles. The Bertz CT molecular complexity index is 1320. The first kappa shape index (κ1) is 26.8. The lowest BCUT2D eigenvalue weighted by Gasteiger charge is -2.08. The van der Waals surface area contributed by atoms with Crippen LogP contribution in [0.3, 0.4) is 0 Å². The molecule has 39 heavy (non-hydrogen) atoms. The Morgan fingerprint density at radius 1 is 0.410 bits per heavy atom. The SMILES string of the molecule is CCCCOc1ccc(-c2ccc(-c3ccc(-c4ccc(-c5ccc(OCCCC)cc5)cc4)s3)cc2)cc1. The molecule has 0 N–H and O–H groups in total. The number of benzene rings is 4. The summed E-state index contributed by atoms with van der Waals surface area (Å²) in [6.45, 7) is 5.91. The molecular weight excluding hydrogens is 496 g/mol. The second kappa shape index (κ2) is 13.3. The molecule has 0 aliphatic heterocycles. The quantitative estimate of drug-likeness (QED) is 0.149. The van der Waals surface area contributed by atoms with Crippen LogP contribution in [-0.4, -0.2) is 13.2 Å². The van der Waals surface area contributed by atoms with Crippen LogP contribution in [0.25, 0.3) is 43.1 Å². The third kappa shape index (κ3) is 6.99. The van der Waals surface area contributed by atoms with Crippen molar-refractivity contribution in [2.45, 2.75) is 39.5 Å². The fraction of sp³-hybridized carbons (Fsp3) is 0.222. The Balaban J connectivity index is 1.22. The molecule has 1 heterocycles. The van der Waals surface area contributed by atoms with E-state index in [1.807, 2.05) is 11.3 Å². The molecule has 0 amide bonds. The maximum Gasteiger partial charge on any atom is 0.119 e. The summed E-state index contributed by atoms with van der Waals surface area (Å²) in [7, 11) is 0. The van der Waals surface area contributed by atoms with E-state index in [1.165, 1.54) is 43.1 Å². The van der Waals surface area contributed by atoms with Crippen LogP contribution in [0, 0.1) is 0 Å². The number of hydrogen-bond acceptors (Lipinski definition) is 3. The first-order chi connectivity index (χ1) is 19.2. The molecular formula is C36H36O2S. The van der Waals surface area contributed by atoms with E-state index >= 15 is 0 Å². The Labute approximate surface area is 236 Å². The van der Waals surface area contributed by atoms with Crippen molar-refractivity contribution in [2.24, 2.45) is 0 Å². The number of ether oxygens (including phenoxy) is 2. The molecule has 198 valence electrons. The van der Waals surface area contributed by atoms with E-state index in [0.29, 0.717) is 0 Å². The second-order valence-electron chi connectivity index (χ2n) is 9.77. The highest BCUT2D eigenvalue weighted by Gasteiger charge is 2.07. The third-order valence-electron chi connectivity index (χ3n) is 6.85. The van der Waals surface area contributed by atoms with Crippen molar-refractivity contribution in [3.8, 4) is 54.6 Å². The van der Waals surface area contributed by atoms with E-state index < -0.39 is 0 Å². The highest BCUT2D eigenvalue weighted by Crippen LogP contribution is 2.36. The van der Waals surface area contributed by atoms with Crippen molar-refractivity contribution in [1.29, 1.82) is 0 Å². The van der Waals surface area contributed by atoms with E-state index in [0.717, 1.165) is 50.4 Å². The molecule has 0 fully saturated rings. The summed E-state index contributed by atoms with van der Waals surface area (Å²) in [6, 6.07) is 38.9. The van der Waals surface area contributed by atoms with Gasteiger partial charge in [0.05, 0.1) is 13.2 Å². The van der Waals surface area contributed by atoms with Crippen molar-refractivity contribution in [1.82, 2.24) is 0 Å². The van der Waals surface area contributed by atoms with Gasteiger partial charge in [-0.15, -0.1) is 11.3 Å². The van der Waals surface area contributed by atoms with Crippen LogP contribution < -0.4 is 9.47 Å². The molecule has 2 nitrogen and oxygen atoms in total. The van der Waals surface area contributed by atoms with Crippen LogP contribution in [-0.2, 0) is 0 Å². The predicted octanol–water partition coefficient (Wildman–Crippen LogP) is 10.8. The fourth-order valence-electron chi connectivity index (χ4n) is 4.46. The topological polar surface area (TPSA) is 18.5 Å². The monoisotopic (exact) mass is 532 g/mol. The van der Waals surface area contributed by atoms with Crippen LogP contribution in [0.1, 0.15) is 39.5 Å². The zero-order valence-electron chi connectivity index (χ0n) is 22.9. The first-order valence-electron chi connectivity index (χ1n) is 14.0. The van der Waals surface area contributed by atoms with E-state index in [1.54, 1.807) is 0 Å². The van der Waals surface area contributed by atoms with Gasteiger partial charge < -0.3 is 9.47 Å². The minimum atomic E-state index is 0.778.